The lowest BCUT2D eigenvalue weighted by Crippen LogP contribution is -2.00. The third-order valence-electron chi connectivity index (χ3n) is 2.46. The summed E-state index contributed by atoms with van der Waals surface area (Å²) in [5, 5.41) is 10.3. The van der Waals surface area contributed by atoms with Gasteiger partial charge in [-0.25, -0.2) is 0 Å². The van der Waals surface area contributed by atoms with Crippen LogP contribution in [0.1, 0.15) is 24.2 Å². The van der Waals surface area contributed by atoms with Crippen LogP contribution in [0.25, 0.3) is 0 Å². The third kappa shape index (κ3) is 2.98. The fraction of sp³-hybridized carbons (Fsp3) is 0.231. The van der Waals surface area contributed by atoms with Crippen molar-refractivity contribution < 1.29 is 9.84 Å². The highest BCUT2D eigenvalue weighted by molar-refractivity contribution is 7.20. The van der Waals surface area contributed by atoms with Crippen molar-refractivity contribution in [1.29, 1.82) is 0 Å². The lowest BCUT2D eigenvalue weighted by molar-refractivity contribution is 0.220. The Labute approximate surface area is 120 Å². The maximum atomic E-state index is 10.3. The molecule has 0 saturated heterocycles. The van der Waals surface area contributed by atoms with E-state index in [1.165, 1.54) is 11.3 Å². The number of aliphatic hydroxyl groups is 1. The van der Waals surface area contributed by atoms with Gasteiger partial charge in [0.25, 0.3) is 0 Å². The molecule has 0 fully saturated rings. The van der Waals surface area contributed by atoms with Gasteiger partial charge in [-0.3, -0.25) is 0 Å². The molecule has 1 aromatic heterocycles. The van der Waals surface area contributed by atoms with Crippen LogP contribution in [-0.4, -0.2) is 11.7 Å². The van der Waals surface area contributed by atoms with Crippen LogP contribution in [0.4, 0.5) is 0 Å². The van der Waals surface area contributed by atoms with Crippen LogP contribution in [0.2, 0.25) is 8.67 Å². The molecule has 5 heteroatoms. The molecule has 18 heavy (non-hydrogen) atoms. The number of halogens is 2. The molecule has 2 nitrogen and oxygen atoms in total. The van der Waals surface area contributed by atoms with Crippen LogP contribution in [0.15, 0.2) is 30.3 Å². The Kier molecular flexibility index (Phi) is 4.51. The topological polar surface area (TPSA) is 29.5 Å². The summed E-state index contributed by atoms with van der Waals surface area (Å²) in [5.74, 6) is 0.728. The van der Waals surface area contributed by atoms with Crippen molar-refractivity contribution in [2.75, 3.05) is 6.61 Å². The zero-order valence-corrected chi connectivity index (χ0v) is 12.0. The van der Waals surface area contributed by atoms with Gasteiger partial charge in [0, 0.05) is 5.56 Å². The van der Waals surface area contributed by atoms with Crippen molar-refractivity contribution in [3.05, 3.63) is 50.1 Å². The smallest absolute Gasteiger partial charge is 0.119 e. The van der Waals surface area contributed by atoms with Gasteiger partial charge < -0.3 is 9.84 Å². The molecule has 0 saturated carbocycles. The minimum Gasteiger partial charge on any atom is -0.494 e. The summed E-state index contributed by atoms with van der Waals surface area (Å²) < 4.78 is 6.47. The van der Waals surface area contributed by atoms with Crippen molar-refractivity contribution in [1.82, 2.24) is 0 Å². The summed E-state index contributed by atoms with van der Waals surface area (Å²) in [6.07, 6.45) is -0.790. The molecule has 2 rings (SSSR count). The Morgan fingerprint density at radius 3 is 2.72 bits per heavy atom. The molecular formula is C13H12Cl2O2S. The first kappa shape index (κ1) is 13.7. The Balaban J connectivity index is 2.30. The molecule has 96 valence electrons. The van der Waals surface area contributed by atoms with E-state index >= 15 is 0 Å². The van der Waals surface area contributed by atoms with Gasteiger partial charge in [0.1, 0.15) is 16.2 Å². The summed E-state index contributed by atoms with van der Waals surface area (Å²) in [6.45, 7) is 2.50. The molecule has 1 aromatic carbocycles. The second-order valence-electron chi connectivity index (χ2n) is 3.69. The Hall–Kier alpha value is -0.740. The normalized spacial score (nSPS) is 12.4. The maximum absolute atomic E-state index is 10.3. The van der Waals surface area contributed by atoms with E-state index in [-0.39, 0.29) is 0 Å². The molecule has 0 aliphatic rings. The van der Waals surface area contributed by atoms with Crippen LogP contribution in [0, 0.1) is 0 Å². The Morgan fingerprint density at radius 2 is 2.11 bits per heavy atom. The van der Waals surface area contributed by atoms with E-state index in [4.69, 9.17) is 27.9 Å². The van der Waals surface area contributed by atoms with Crippen molar-refractivity contribution in [2.45, 2.75) is 13.0 Å². The van der Waals surface area contributed by atoms with E-state index in [9.17, 15) is 5.11 Å². The number of thiophene rings is 1. The molecule has 0 aliphatic carbocycles. The summed E-state index contributed by atoms with van der Waals surface area (Å²) in [4.78, 5) is 0. The highest BCUT2D eigenvalue weighted by Crippen LogP contribution is 2.37. The molecule has 0 spiro atoms. The number of aliphatic hydroxyl groups excluding tert-OH is 1. The van der Waals surface area contributed by atoms with Crippen molar-refractivity contribution in [3.8, 4) is 5.75 Å². The van der Waals surface area contributed by atoms with Crippen LogP contribution in [0.3, 0.4) is 0 Å². The molecule has 1 atom stereocenters. The third-order valence-corrected chi connectivity index (χ3v) is 3.98. The maximum Gasteiger partial charge on any atom is 0.119 e. The molecule has 1 heterocycles. The van der Waals surface area contributed by atoms with Crippen LogP contribution in [-0.2, 0) is 0 Å². The van der Waals surface area contributed by atoms with Crippen LogP contribution < -0.4 is 4.74 Å². The number of ether oxygens (including phenoxy) is 1. The zero-order chi connectivity index (χ0) is 13.1. The first-order valence-corrected chi connectivity index (χ1v) is 7.04. The monoisotopic (exact) mass is 302 g/mol. The number of benzene rings is 1. The van der Waals surface area contributed by atoms with Gasteiger partial charge in [-0.15, -0.1) is 11.3 Å². The summed E-state index contributed by atoms with van der Waals surface area (Å²) in [7, 11) is 0. The SMILES string of the molecule is CCOc1cccc(C(O)c2cc(Cl)sc2Cl)c1. The first-order chi connectivity index (χ1) is 8.61. The fourth-order valence-electron chi connectivity index (χ4n) is 1.66. The predicted octanol–water partition coefficient (Wildman–Crippen LogP) is 4.54. The number of hydrogen-bond acceptors (Lipinski definition) is 3. The first-order valence-electron chi connectivity index (χ1n) is 5.47. The van der Waals surface area contributed by atoms with Crippen molar-refractivity contribution in [3.63, 3.8) is 0 Å². The average molecular weight is 303 g/mol. The van der Waals surface area contributed by atoms with Gasteiger partial charge in [0.15, 0.2) is 0 Å². The lowest BCUT2D eigenvalue weighted by Gasteiger charge is -2.12. The molecule has 0 radical (unpaired) electrons. The largest absolute Gasteiger partial charge is 0.494 e. The van der Waals surface area contributed by atoms with Gasteiger partial charge in [-0.05, 0) is 30.7 Å². The molecular weight excluding hydrogens is 291 g/mol. The second kappa shape index (κ2) is 5.93. The van der Waals surface area contributed by atoms with E-state index in [2.05, 4.69) is 0 Å². The zero-order valence-electron chi connectivity index (χ0n) is 9.69. The predicted molar refractivity (Wildman–Crippen MR) is 76.0 cm³/mol. The van der Waals surface area contributed by atoms with E-state index < -0.39 is 6.10 Å². The minimum atomic E-state index is -0.790. The standard InChI is InChI=1S/C13H12Cl2O2S/c1-2-17-9-5-3-4-8(6-9)12(16)10-7-11(14)18-13(10)15/h3-7,12,16H,2H2,1H3. The Morgan fingerprint density at radius 1 is 1.33 bits per heavy atom. The van der Waals surface area contributed by atoms with E-state index in [1.807, 2.05) is 25.1 Å². The Bertz CT molecular complexity index is 540. The quantitative estimate of drug-likeness (QED) is 0.899. The highest BCUT2D eigenvalue weighted by Gasteiger charge is 2.17. The molecule has 2 aromatic rings. The van der Waals surface area contributed by atoms with E-state index in [0.717, 1.165) is 11.3 Å². The molecule has 1 unspecified atom stereocenters. The lowest BCUT2D eigenvalue weighted by atomic mass is 10.0. The van der Waals surface area contributed by atoms with E-state index in [1.54, 1.807) is 12.1 Å². The summed E-state index contributed by atoms with van der Waals surface area (Å²) in [5.41, 5.74) is 1.36. The summed E-state index contributed by atoms with van der Waals surface area (Å²) in [6, 6.07) is 9.01. The van der Waals surface area contributed by atoms with Crippen LogP contribution in [0.5, 0.6) is 5.75 Å². The second-order valence-corrected chi connectivity index (χ2v) is 5.97. The molecule has 0 aliphatic heterocycles. The minimum absolute atomic E-state index is 0.509. The van der Waals surface area contributed by atoms with Crippen LogP contribution >= 0.6 is 34.5 Å². The highest BCUT2D eigenvalue weighted by atomic mass is 35.5. The van der Waals surface area contributed by atoms with Gasteiger partial charge in [0.2, 0.25) is 0 Å². The van der Waals surface area contributed by atoms with Gasteiger partial charge >= 0.3 is 0 Å². The summed E-state index contributed by atoms with van der Waals surface area (Å²) >= 11 is 13.2. The van der Waals surface area contributed by atoms with Gasteiger partial charge in [-0.1, -0.05) is 35.3 Å². The number of rotatable bonds is 4. The molecule has 0 amide bonds. The van der Waals surface area contributed by atoms with Gasteiger partial charge in [-0.2, -0.15) is 0 Å². The van der Waals surface area contributed by atoms with Crippen molar-refractivity contribution in [2.24, 2.45) is 0 Å². The molecule has 0 bridgehead atoms. The fourth-order valence-corrected chi connectivity index (χ4v) is 3.18. The average Bonchev–Trinajstić information content (AvgIpc) is 2.68. The van der Waals surface area contributed by atoms with E-state index in [0.29, 0.717) is 20.8 Å². The van der Waals surface area contributed by atoms with Gasteiger partial charge in [0.05, 0.1) is 10.9 Å². The van der Waals surface area contributed by atoms with Crippen molar-refractivity contribution >= 4 is 34.5 Å². The molecule has 1 N–H and O–H groups in total. The number of hydrogen-bond donors (Lipinski definition) is 1.